The van der Waals surface area contributed by atoms with E-state index >= 15 is 0 Å². The van der Waals surface area contributed by atoms with Crippen molar-refractivity contribution in [2.45, 2.75) is 51.8 Å². The summed E-state index contributed by atoms with van der Waals surface area (Å²) < 4.78 is 9.73. The van der Waals surface area contributed by atoms with Crippen LogP contribution in [0.25, 0.3) is 11.3 Å². The van der Waals surface area contributed by atoms with E-state index in [0.29, 0.717) is 37.2 Å². The van der Waals surface area contributed by atoms with E-state index in [0.717, 1.165) is 28.6 Å². The second-order valence-corrected chi connectivity index (χ2v) is 10.8. The van der Waals surface area contributed by atoms with Crippen LogP contribution in [-0.4, -0.2) is 60.2 Å². The summed E-state index contributed by atoms with van der Waals surface area (Å²) in [4.78, 5) is 23.9. The first-order valence-electron chi connectivity index (χ1n) is 12.2. The zero-order chi connectivity index (χ0) is 26.0. The summed E-state index contributed by atoms with van der Waals surface area (Å²) in [5, 5.41) is 15.2. The maximum atomic E-state index is 12.2. The number of fused-ring (bicyclic) bond motifs is 1. The second-order valence-electron chi connectivity index (χ2n) is 9.92. The maximum absolute atomic E-state index is 12.2. The predicted molar refractivity (Wildman–Crippen MR) is 144 cm³/mol. The number of carbonyl (C=O) groups excluding carboxylic acids is 1. The van der Waals surface area contributed by atoms with Gasteiger partial charge in [0.25, 0.3) is 0 Å². The lowest BCUT2D eigenvalue weighted by molar-refractivity contribution is 0.0497. The van der Waals surface area contributed by atoms with Crippen LogP contribution in [0.3, 0.4) is 0 Å². The number of hydrogen-bond donors (Lipinski definition) is 2. The maximum Gasteiger partial charge on any atom is 0.407 e. The van der Waals surface area contributed by atoms with E-state index in [-0.39, 0.29) is 12.1 Å². The van der Waals surface area contributed by atoms with Gasteiger partial charge in [-0.3, -0.25) is 0 Å². The lowest BCUT2D eigenvalue weighted by atomic mass is 10.1. The summed E-state index contributed by atoms with van der Waals surface area (Å²) >= 11 is 3.56. The highest BCUT2D eigenvalue weighted by Crippen LogP contribution is 2.24. The number of alkyl carbamates (subject to hydrolysis) is 1. The summed E-state index contributed by atoms with van der Waals surface area (Å²) in [7, 11) is 0. The average molecular weight is 568 g/mol. The van der Waals surface area contributed by atoms with Crippen molar-refractivity contribution in [3.8, 4) is 5.69 Å². The van der Waals surface area contributed by atoms with Crippen molar-refractivity contribution in [2.24, 2.45) is 0 Å². The molecule has 37 heavy (non-hydrogen) atoms. The van der Waals surface area contributed by atoms with Gasteiger partial charge in [0, 0.05) is 38.1 Å². The van der Waals surface area contributed by atoms with E-state index in [9.17, 15) is 4.79 Å². The lowest BCUT2D eigenvalue weighted by Gasteiger charge is -2.33. The molecule has 1 fully saturated rings. The average Bonchev–Trinajstić information content (AvgIpc) is 3.52. The Bertz CT molecular complexity index is 1370. The Hall–Kier alpha value is -3.67. The number of nitrogens with one attached hydrogen (secondary N) is 2. The molecule has 2 N–H and O–H groups in total. The molecule has 0 spiro atoms. The minimum absolute atomic E-state index is 0.0490. The molecule has 4 heterocycles. The predicted octanol–water partition coefficient (Wildman–Crippen LogP) is 4.18. The van der Waals surface area contributed by atoms with Gasteiger partial charge in [-0.2, -0.15) is 24.7 Å². The third-order valence-electron chi connectivity index (χ3n) is 5.99. The van der Waals surface area contributed by atoms with Gasteiger partial charge >= 0.3 is 6.09 Å². The van der Waals surface area contributed by atoms with Crippen LogP contribution in [0, 0.1) is 0 Å². The van der Waals surface area contributed by atoms with Crippen molar-refractivity contribution >= 4 is 39.6 Å². The number of nitrogens with zero attached hydrogens (tertiary/aromatic N) is 7. The molecule has 1 aromatic carbocycles. The topological polar surface area (TPSA) is 114 Å². The number of para-hydroxylation sites is 1. The smallest absolute Gasteiger partial charge is 0.407 e. The highest BCUT2D eigenvalue weighted by Gasteiger charge is 2.26. The zero-order valence-corrected chi connectivity index (χ0v) is 22.6. The van der Waals surface area contributed by atoms with Crippen LogP contribution in [0.1, 0.15) is 39.2 Å². The summed E-state index contributed by atoms with van der Waals surface area (Å²) in [6, 6.07) is 10.0. The van der Waals surface area contributed by atoms with Crippen molar-refractivity contribution in [1.82, 2.24) is 34.7 Å². The first kappa shape index (κ1) is 25.0. The molecule has 12 heteroatoms. The van der Waals surface area contributed by atoms with Gasteiger partial charge < -0.3 is 20.3 Å². The van der Waals surface area contributed by atoms with Crippen molar-refractivity contribution in [3.63, 3.8) is 0 Å². The summed E-state index contributed by atoms with van der Waals surface area (Å²) in [6.45, 7) is 7.53. The Morgan fingerprint density at radius 1 is 1.14 bits per heavy atom. The number of anilines is 2. The van der Waals surface area contributed by atoms with Gasteiger partial charge in [0.05, 0.1) is 16.4 Å². The van der Waals surface area contributed by atoms with Gasteiger partial charge in [0.1, 0.15) is 5.60 Å². The fourth-order valence-corrected chi connectivity index (χ4v) is 4.61. The molecule has 5 rings (SSSR count). The van der Waals surface area contributed by atoms with E-state index in [4.69, 9.17) is 14.7 Å². The second kappa shape index (κ2) is 10.4. The Balaban J connectivity index is 1.31. The number of rotatable bonds is 6. The molecular weight excluding hydrogens is 538 g/mol. The first-order chi connectivity index (χ1) is 17.8. The molecule has 0 atom stereocenters. The Labute approximate surface area is 223 Å². The van der Waals surface area contributed by atoms with Crippen LogP contribution >= 0.6 is 15.9 Å². The summed E-state index contributed by atoms with van der Waals surface area (Å²) in [6.07, 6.45) is 6.56. The standard InChI is InChI=1S/C25H30BrN9O2/c1-25(2,3)37-24(36)30-18-9-13-33(14-10-18)23-31-21-19(26)16-29-35(21)22(32-23)27-15-17-7-4-5-8-20(17)34-12-6-11-28-34/h4-8,11-12,16,18H,9-10,13-15H2,1-3H3,(H,30,36)(H,27,31,32). The molecule has 11 nitrogen and oxygen atoms in total. The zero-order valence-electron chi connectivity index (χ0n) is 21.1. The number of halogens is 1. The molecule has 0 saturated carbocycles. The third-order valence-corrected chi connectivity index (χ3v) is 6.55. The van der Waals surface area contributed by atoms with Crippen LogP contribution in [0.4, 0.5) is 16.7 Å². The summed E-state index contributed by atoms with van der Waals surface area (Å²) in [5.41, 5.74) is 2.22. The van der Waals surface area contributed by atoms with Gasteiger partial charge in [-0.1, -0.05) is 18.2 Å². The molecule has 4 aromatic rings. The van der Waals surface area contributed by atoms with E-state index in [2.05, 4.69) is 47.7 Å². The van der Waals surface area contributed by atoms with Crippen LogP contribution in [0.2, 0.25) is 0 Å². The Morgan fingerprint density at radius 2 is 1.92 bits per heavy atom. The molecule has 0 unspecified atom stereocenters. The van der Waals surface area contributed by atoms with Crippen molar-refractivity contribution in [2.75, 3.05) is 23.3 Å². The molecule has 3 aromatic heterocycles. The van der Waals surface area contributed by atoms with Crippen LogP contribution in [-0.2, 0) is 11.3 Å². The van der Waals surface area contributed by atoms with Gasteiger partial charge in [-0.15, -0.1) is 0 Å². The number of piperidine rings is 1. The summed E-state index contributed by atoms with van der Waals surface area (Å²) in [5.74, 6) is 1.21. The van der Waals surface area contributed by atoms with E-state index < -0.39 is 5.60 Å². The molecule has 194 valence electrons. The molecule has 1 saturated heterocycles. The van der Waals surface area contributed by atoms with E-state index in [1.54, 1.807) is 16.9 Å². The molecule has 0 radical (unpaired) electrons. The molecular formula is C25H30BrN9O2. The fourth-order valence-electron chi connectivity index (χ4n) is 4.26. The van der Waals surface area contributed by atoms with Crippen LogP contribution < -0.4 is 15.5 Å². The highest BCUT2D eigenvalue weighted by atomic mass is 79.9. The molecule has 0 bridgehead atoms. The molecule has 1 aliphatic rings. The van der Waals surface area contributed by atoms with Crippen LogP contribution in [0.5, 0.6) is 0 Å². The quantitative estimate of drug-likeness (QED) is 0.356. The largest absolute Gasteiger partial charge is 0.444 e. The molecule has 1 amide bonds. The van der Waals surface area contributed by atoms with Crippen molar-refractivity contribution in [1.29, 1.82) is 0 Å². The molecule has 0 aliphatic carbocycles. The van der Waals surface area contributed by atoms with Crippen molar-refractivity contribution < 1.29 is 9.53 Å². The van der Waals surface area contributed by atoms with Crippen molar-refractivity contribution in [3.05, 3.63) is 59.0 Å². The Kier molecular flexibility index (Phi) is 7.00. The van der Waals surface area contributed by atoms with Gasteiger partial charge in [-0.25, -0.2) is 9.48 Å². The van der Waals surface area contributed by atoms with E-state index in [1.807, 2.05) is 55.9 Å². The monoisotopic (exact) mass is 567 g/mol. The number of carbonyl (C=O) groups is 1. The van der Waals surface area contributed by atoms with Gasteiger partial charge in [-0.05, 0) is 67.2 Å². The number of hydrogen-bond acceptors (Lipinski definition) is 8. The first-order valence-corrected chi connectivity index (χ1v) is 13.0. The fraction of sp³-hybridized carbons (Fsp3) is 0.400. The Morgan fingerprint density at radius 3 is 2.65 bits per heavy atom. The number of ether oxygens (including phenoxy) is 1. The van der Waals surface area contributed by atoms with Gasteiger partial charge in [0.2, 0.25) is 11.9 Å². The minimum Gasteiger partial charge on any atom is -0.444 e. The third kappa shape index (κ3) is 5.85. The van der Waals surface area contributed by atoms with Crippen LogP contribution in [0.15, 0.2) is 53.4 Å². The number of aromatic nitrogens is 6. The number of benzene rings is 1. The van der Waals surface area contributed by atoms with E-state index in [1.165, 1.54) is 0 Å². The number of amides is 1. The van der Waals surface area contributed by atoms with Gasteiger partial charge in [0.15, 0.2) is 5.65 Å². The normalized spacial score (nSPS) is 14.6. The SMILES string of the molecule is CC(C)(C)OC(=O)NC1CCN(c2nc(NCc3ccccc3-n3cccn3)n3ncc(Br)c3n2)CC1. The minimum atomic E-state index is -0.519. The highest BCUT2D eigenvalue weighted by molar-refractivity contribution is 9.10. The lowest BCUT2D eigenvalue weighted by Crippen LogP contribution is -2.46. The molecule has 1 aliphatic heterocycles.